The smallest absolute Gasteiger partial charge is 0.308 e. The van der Waals surface area contributed by atoms with Crippen LogP contribution in [-0.4, -0.2) is 40.0 Å². The maximum Gasteiger partial charge on any atom is 0.308 e. The van der Waals surface area contributed by atoms with Crippen LogP contribution in [0, 0.1) is 11.8 Å². The van der Waals surface area contributed by atoms with Crippen LogP contribution in [0.15, 0.2) is 6.07 Å². The topological polar surface area (TPSA) is 73.4 Å². The minimum Gasteiger partial charge on any atom is -0.481 e. The zero-order chi connectivity index (χ0) is 13.4. The summed E-state index contributed by atoms with van der Waals surface area (Å²) in [6, 6.07) is 1.45. The average Bonchev–Trinajstić information content (AvgIpc) is 2.82. The molecule has 1 fully saturated rings. The predicted molar refractivity (Wildman–Crippen MR) is 67.0 cm³/mol. The number of rotatable bonds is 2. The summed E-state index contributed by atoms with van der Waals surface area (Å²) in [4.78, 5) is 27.3. The summed E-state index contributed by atoms with van der Waals surface area (Å²) in [6.45, 7) is 2.45. The number of nitrogens with one attached hydrogen (secondary N) is 1. The Bertz CT molecular complexity index is 481. The van der Waals surface area contributed by atoms with Crippen LogP contribution in [0.3, 0.4) is 0 Å². The molecular weight excluding hydrogens is 279 g/mol. The van der Waals surface area contributed by atoms with Crippen molar-refractivity contribution < 1.29 is 14.7 Å². The van der Waals surface area contributed by atoms with Crippen molar-refractivity contribution in [2.75, 3.05) is 13.1 Å². The number of aliphatic carboxylic acids is 1. The van der Waals surface area contributed by atoms with Gasteiger partial charge in [-0.2, -0.15) is 0 Å². The highest BCUT2D eigenvalue weighted by atomic mass is 35.5. The molecule has 18 heavy (non-hydrogen) atoms. The van der Waals surface area contributed by atoms with Crippen LogP contribution in [0.1, 0.15) is 17.4 Å². The molecule has 0 aromatic carbocycles. The van der Waals surface area contributed by atoms with Crippen molar-refractivity contribution in [1.82, 2.24) is 9.88 Å². The molecule has 5 nitrogen and oxygen atoms in total. The second-order valence-corrected chi connectivity index (χ2v) is 5.26. The highest BCUT2D eigenvalue weighted by Crippen LogP contribution is 2.27. The van der Waals surface area contributed by atoms with E-state index in [4.69, 9.17) is 28.3 Å². The Morgan fingerprint density at radius 1 is 1.44 bits per heavy atom. The largest absolute Gasteiger partial charge is 0.481 e. The number of aromatic amines is 1. The molecule has 1 aromatic rings. The summed E-state index contributed by atoms with van der Waals surface area (Å²) in [5.41, 5.74) is 0.281. The van der Waals surface area contributed by atoms with Gasteiger partial charge in [0.1, 0.15) is 10.8 Å². The van der Waals surface area contributed by atoms with Gasteiger partial charge in [0.25, 0.3) is 5.91 Å². The van der Waals surface area contributed by atoms with Crippen LogP contribution < -0.4 is 0 Å². The predicted octanol–water partition coefficient (Wildman–Crippen LogP) is 2.11. The summed E-state index contributed by atoms with van der Waals surface area (Å²) in [5.74, 6) is -1.73. The van der Waals surface area contributed by atoms with Gasteiger partial charge in [0.15, 0.2) is 0 Å². The Balaban J connectivity index is 2.14. The normalized spacial score (nSPS) is 23.4. The molecule has 0 spiro atoms. The number of carbonyl (C=O) groups excluding carboxylic acids is 1. The van der Waals surface area contributed by atoms with Crippen LogP contribution in [0.4, 0.5) is 0 Å². The molecule has 7 heteroatoms. The second-order valence-electron chi connectivity index (χ2n) is 4.48. The van der Waals surface area contributed by atoms with Crippen LogP contribution in [0.2, 0.25) is 10.2 Å². The molecule has 2 atom stereocenters. The van der Waals surface area contributed by atoms with Crippen molar-refractivity contribution in [3.8, 4) is 0 Å². The number of carboxylic acid groups (broad SMARTS) is 1. The van der Waals surface area contributed by atoms with Gasteiger partial charge in [0, 0.05) is 13.1 Å². The first kappa shape index (κ1) is 13.2. The SMILES string of the molecule is CC1CN(C(=O)c2cc(Cl)c(Cl)[nH]2)CC1C(=O)O. The van der Waals surface area contributed by atoms with Crippen molar-refractivity contribution in [1.29, 1.82) is 0 Å². The number of likely N-dealkylation sites (tertiary alicyclic amines) is 1. The van der Waals surface area contributed by atoms with Crippen molar-refractivity contribution in [3.05, 3.63) is 21.9 Å². The van der Waals surface area contributed by atoms with Gasteiger partial charge in [-0.3, -0.25) is 9.59 Å². The fourth-order valence-electron chi connectivity index (χ4n) is 2.14. The van der Waals surface area contributed by atoms with E-state index < -0.39 is 11.9 Å². The first-order valence-corrected chi connectivity index (χ1v) is 6.22. The van der Waals surface area contributed by atoms with Crippen LogP contribution in [0.25, 0.3) is 0 Å². The molecule has 2 rings (SSSR count). The van der Waals surface area contributed by atoms with Crippen LogP contribution >= 0.6 is 23.2 Å². The Morgan fingerprint density at radius 3 is 2.56 bits per heavy atom. The van der Waals surface area contributed by atoms with E-state index in [0.717, 1.165) is 0 Å². The van der Waals surface area contributed by atoms with Crippen molar-refractivity contribution in [2.45, 2.75) is 6.92 Å². The third-order valence-corrected chi connectivity index (χ3v) is 3.87. The second kappa shape index (κ2) is 4.82. The standard InChI is InChI=1S/C11H12Cl2N2O3/c1-5-3-15(4-6(5)11(17)18)10(16)8-2-7(12)9(13)14-8/h2,5-6,14H,3-4H2,1H3,(H,17,18). The number of hydrogen-bond donors (Lipinski definition) is 2. The highest BCUT2D eigenvalue weighted by Gasteiger charge is 2.37. The molecule has 0 radical (unpaired) electrons. The van der Waals surface area contributed by atoms with E-state index in [1.54, 1.807) is 0 Å². The fourth-order valence-corrected chi connectivity index (χ4v) is 2.46. The van der Waals surface area contributed by atoms with Gasteiger partial charge in [-0.05, 0) is 12.0 Å². The molecule has 0 aliphatic carbocycles. The third kappa shape index (κ3) is 2.33. The summed E-state index contributed by atoms with van der Waals surface area (Å²) in [5, 5.41) is 9.50. The molecule has 0 saturated carbocycles. The van der Waals surface area contributed by atoms with Gasteiger partial charge in [0.2, 0.25) is 0 Å². The zero-order valence-corrected chi connectivity index (χ0v) is 11.1. The molecular formula is C11H12Cl2N2O3. The number of halogens is 2. The van der Waals surface area contributed by atoms with Gasteiger partial charge in [0.05, 0.1) is 10.9 Å². The van der Waals surface area contributed by atoms with E-state index in [0.29, 0.717) is 6.54 Å². The maximum absolute atomic E-state index is 12.1. The fraction of sp³-hybridized carbons (Fsp3) is 0.455. The zero-order valence-electron chi connectivity index (χ0n) is 9.61. The summed E-state index contributed by atoms with van der Waals surface area (Å²) in [7, 11) is 0. The lowest BCUT2D eigenvalue weighted by molar-refractivity contribution is -0.142. The van der Waals surface area contributed by atoms with E-state index in [9.17, 15) is 9.59 Å². The van der Waals surface area contributed by atoms with Crippen molar-refractivity contribution in [3.63, 3.8) is 0 Å². The van der Waals surface area contributed by atoms with E-state index >= 15 is 0 Å². The number of carboxylic acids is 1. The summed E-state index contributed by atoms with van der Waals surface area (Å²) < 4.78 is 0. The van der Waals surface area contributed by atoms with E-state index in [1.165, 1.54) is 11.0 Å². The van der Waals surface area contributed by atoms with Crippen molar-refractivity contribution >= 4 is 35.1 Å². The highest BCUT2D eigenvalue weighted by molar-refractivity contribution is 6.41. The molecule has 1 aliphatic rings. The summed E-state index contributed by atoms with van der Waals surface area (Å²) >= 11 is 11.5. The molecule has 0 bridgehead atoms. The first-order valence-electron chi connectivity index (χ1n) is 5.46. The third-order valence-electron chi connectivity index (χ3n) is 3.17. The molecule has 1 aliphatic heterocycles. The number of nitrogens with zero attached hydrogens (tertiary/aromatic N) is 1. The minimum atomic E-state index is -0.875. The quantitative estimate of drug-likeness (QED) is 0.876. The Kier molecular flexibility index (Phi) is 3.54. The van der Waals surface area contributed by atoms with Gasteiger partial charge in [-0.1, -0.05) is 30.1 Å². The number of aromatic nitrogens is 1. The van der Waals surface area contributed by atoms with Gasteiger partial charge >= 0.3 is 5.97 Å². The summed E-state index contributed by atoms with van der Waals surface area (Å²) in [6.07, 6.45) is 0. The van der Waals surface area contributed by atoms with E-state index in [-0.39, 0.29) is 34.2 Å². The maximum atomic E-state index is 12.1. The first-order chi connectivity index (χ1) is 8.40. The average molecular weight is 291 g/mol. The Morgan fingerprint density at radius 2 is 2.11 bits per heavy atom. The van der Waals surface area contributed by atoms with E-state index in [2.05, 4.69) is 4.98 Å². The molecule has 2 N–H and O–H groups in total. The molecule has 1 amide bonds. The van der Waals surface area contributed by atoms with Gasteiger partial charge in [-0.15, -0.1) is 0 Å². The monoisotopic (exact) mass is 290 g/mol. The van der Waals surface area contributed by atoms with Gasteiger partial charge in [-0.25, -0.2) is 0 Å². The van der Waals surface area contributed by atoms with Crippen LogP contribution in [-0.2, 0) is 4.79 Å². The van der Waals surface area contributed by atoms with Gasteiger partial charge < -0.3 is 15.0 Å². The lowest BCUT2D eigenvalue weighted by atomic mass is 9.99. The number of amides is 1. The van der Waals surface area contributed by atoms with E-state index in [1.807, 2.05) is 6.92 Å². The molecule has 2 unspecified atom stereocenters. The van der Waals surface area contributed by atoms with Crippen molar-refractivity contribution in [2.24, 2.45) is 11.8 Å². The molecule has 98 valence electrons. The molecule has 1 saturated heterocycles. The number of carbonyl (C=O) groups is 2. The molecule has 2 heterocycles. The number of hydrogen-bond acceptors (Lipinski definition) is 2. The lowest BCUT2D eigenvalue weighted by Crippen LogP contribution is -2.30. The number of H-pyrrole nitrogens is 1. The Labute approximate surface area is 114 Å². The minimum absolute atomic E-state index is 0.0626. The molecule has 1 aromatic heterocycles. The Hall–Kier alpha value is -1.20. The van der Waals surface area contributed by atoms with Crippen LogP contribution in [0.5, 0.6) is 0 Å². The lowest BCUT2D eigenvalue weighted by Gasteiger charge is -2.14.